The van der Waals surface area contributed by atoms with Crippen molar-refractivity contribution in [3.63, 3.8) is 0 Å². The third-order valence-electron chi connectivity index (χ3n) is 0.888. The second-order valence-corrected chi connectivity index (χ2v) is 2.03. The molecule has 0 unspecified atom stereocenters. The van der Waals surface area contributed by atoms with E-state index < -0.39 is 0 Å². The van der Waals surface area contributed by atoms with Gasteiger partial charge in [-0.2, -0.15) is 0 Å². The number of rotatable bonds is 1. The number of aliphatic hydroxyl groups excluding tert-OH is 1. The molecule has 3 nitrogen and oxygen atoms in total. The first-order valence-electron chi connectivity index (χ1n) is 3.19. The molecule has 0 aromatic heterocycles. The number of carbonyl (C=O) groups excluding carboxylic acids is 1. The van der Waals surface area contributed by atoms with Crippen LogP contribution in [0.4, 0.5) is 0 Å². The van der Waals surface area contributed by atoms with Crippen LogP contribution >= 0.6 is 0 Å². The monoisotopic (exact) mass is 157 g/mol. The Morgan fingerprint density at radius 3 is 1.82 bits per heavy atom. The van der Waals surface area contributed by atoms with Crippen molar-refractivity contribution in [2.45, 2.75) is 20.8 Å². The second kappa shape index (κ2) is 6.86. The van der Waals surface area contributed by atoms with Crippen LogP contribution in [0.15, 0.2) is 24.0 Å². The van der Waals surface area contributed by atoms with Gasteiger partial charge in [-0.05, 0) is 19.4 Å². The predicted octanol–water partition coefficient (Wildman–Crippen LogP) is 1.52. The molecule has 64 valence electrons. The molecule has 0 aromatic carbocycles. The fraction of sp³-hybridized carbons (Fsp3) is 0.375. The Kier molecular flexibility index (Phi) is 7.76. The van der Waals surface area contributed by atoms with Crippen molar-refractivity contribution in [1.29, 1.82) is 0 Å². The van der Waals surface area contributed by atoms with E-state index in [-0.39, 0.29) is 11.7 Å². The lowest BCUT2D eigenvalue weighted by Gasteiger charge is -1.91. The van der Waals surface area contributed by atoms with Crippen LogP contribution in [0.1, 0.15) is 20.8 Å². The van der Waals surface area contributed by atoms with E-state index in [0.717, 1.165) is 5.57 Å². The summed E-state index contributed by atoms with van der Waals surface area (Å²) in [6.45, 7) is 8.28. The molecule has 3 heteroatoms. The van der Waals surface area contributed by atoms with Crippen molar-refractivity contribution in [1.82, 2.24) is 0 Å². The summed E-state index contributed by atoms with van der Waals surface area (Å²) in [5.74, 6) is -0.178. The van der Waals surface area contributed by atoms with Crippen LogP contribution in [0.5, 0.6) is 0 Å². The average Bonchev–Trinajstić information content (AvgIpc) is 1.85. The Balaban J connectivity index is 0. The number of amides is 1. The van der Waals surface area contributed by atoms with Crippen LogP contribution in [0.3, 0.4) is 0 Å². The van der Waals surface area contributed by atoms with Gasteiger partial charge >= 0.3 is 0 Å². The lowest BCUT2D eigenvalue weighted by Crippen LogP contribution is -2.01. The quantitative estimate of drug-likeness (QED) is 0.447. The molecule has 0 rings (SSSR count). The standard InChI is InChI=1S/C6H10O.C2H5NO/c1-4-5(2)6(3)7;1-2(3)4/h4,7H,3H2,1-2H3;1H3,(H2,3,4)/b5-4-;. The van der Waals surface area contributed by atoms with E-state index in [2.05, 4.69) is 12.3 Å². The van der Waals surface area contributed by atoms with E-state index in [4.69, 9.17) is 5.11 Å². The van der Waals surface area contributed by atoms with Crippen LogP contribution < -0.4 is 5.73 Å². The van der Waals surface area contributed by atoms with Crippen LogP contribution in [0, 0.1) is 0 Å². The molecule has 0 saturated carbocycles. The summed E-state index contributed by atoms with van der Waals surface area (Å²) in [7, 11) is 0. The molecule has 0 aliphatic heterocycles. The van der Waals surface area contributed by atoms with E-state index in [9.17, 15) is 4.79 Å². The molecule has 0 heterocycles. The maximum atomic E-state index is 9.22. The number of allylic oxidation sites excluding steroid dienone is 2. The Bertz CT molecular complexity index is 167. The van der Waals surface area contributed by atoms with Gasteiger partial charge in [-0.15, -0.1) is 0 Å². The fourth-order valence-corrected chi connectivity index (χ4v) is 0.167. The Labute approximate surface area is 67.2 Å². The minimum Gasteiger partial charge on any atom is -0.508 e. The van der Waals surface area contributed by atoms with Gasteiger partial charge in [0, 0.05) is 6.92 Å². The summed E-state index contributed by atoms with van der Waals surface area (Å²) < 4.78 is 0. The predicted molar refractivity (Wildman–Crippen MR) is 46.1 cm³/mol. The highest BCUT2D eigenvalue weighted by Gasteiger charge is 1.84. The topological polar surface area (TPSA) is 63.3 Å². The summed E-state index contributed by atoms with van der Waals surface area (Å²) in [4.78, 5) is 9.22. The molecular formula is C8H15NO2. The van der Waals surface area contributed by atoms with Crippen molar-refractivity contribution in [3.05, 3.63) is 24.0 Å². The zero-order valence-corrected chi connectivity index (χ0v) is 7.22. The first-order valence-corrected chi connectivity index (χ1v) is 3.19. The zero-order chi connectivity index (χ0) is 9.44. The molecule has 3 N–H and O–H groups in total. The van der Waals surface area contributed by atoms with E-state index in [0.29, 0.717) is 0 Å². The van der Waals surface area contributed by atoms with E-state index in [1.165, 1.54) is 6.92 Å². The Hall–Kier alpha value is -1.25. The van der Waals surface area contributed by atoms with Crippen molar-refractivity contribution < 1.29 is 9.90 Å². The van der Waals surface area contributed by atoms with Gasteiger partial charge in [0.2, 0.25) is 5.91 Å². The smallest absolute Gasteiger partial charge is 0.214 e. The SMILES string of the molecule is C=C(O)/C(C)=C\C.CC(N)=O. The zero-order valence-electron chi connectivity index (χ0n) is 7.22. The van der Waals surface area contributed by atoms with Gasteiger partial charge < -0.3 is 10.8 Å². The van der Waals surface area contributed by atoms with Gasteiger partial charge in [0.05, 0.1) is 0 Å². The molecule has 1 amide bonds. The molecule has 0 saturated heterocycles. The number of hydrogen-bond donors (Lipinski definition) is 2. The third kappa shape index (κ3) is 17.7. The van der Waals surface area contributed by atoms with Gasteiger partial charge in [0.1, 0.15) is 5.76 Å². The fourth-order valence-electron chi connectivity index (χ4n) is 0.167. The van der Waals surface area contributed by atoms with Crippen LogP contribution in [-0.2, 0) is 4.79 Å². The maximum Gasteiger partial charge on any atom is 0.214 e. The second-order valence-electron chi connectivity index (χ2n) is 2.03. The lowest BCUT2D eigenvalue weighted by atomic mass is 10.3. The van der Waals surface area contributed by atoms with E-state index >= 15 is 0 Å². The van der Waals surface area contributed by atoms with E-state index in [1.54, 1.807) is 0 Å². The molecular weight excluding hydrogens is 142 g/mol. The number of nitrogens with two attached hydrogens (primary N) is 1. The van der Waals surface area contributed by atoms with Crippen LogP contribution in [-0.4, -0.2) is 11.0 Å². The normalized spacial score (nSPS) is 9.55. The largest absolute Gasteiger partial charge is 0.508 e. The molecule has 0 fully saturated rings. The first kappa shape index (κ1) is 12.4. The van der Waals surface area contributed by atoms with Crippen molar-refractivity contribution >= 4 is 5.91 Å². The summed E-state index contributed by atoms with van der Waals surface area (Å²) in [5.41, 5.74) is 5.31. The van der Waals surface area contributed by atoms with Gasteiger partial charge in [-0.3, -0.25) is 4.79 Å². The van der Waals surface area contributed by atoms with Crippen molar-refractivity contribution in [2.24, 2.45) is 5.73 Å². The minimum absolute atomic E-state index is 0.155. The Morgan fingerprint density at radius 1 is 1.55 bits per heavy atom. The average molecular weight is 157 g/mol. The summed E-state index contributed by atoms with van der Waals surface area (Å²) in [6.07, 6.45) is 1.81. The molecule has 0 spiro atoms. The molecule has 0 aromatic rings. The van der Waals surface area contributed by atoms with Crippen LogP contribution in [0.25, 0.3) is 0 Å². The van der Waals surface area contributed by atoms with Crippen molar-refractivity contribution in [3.8, 4) is 0 Å². The number of aliphatic hydroxyl groups is 1. The first-order chi connectivity index (χ1) is 4.91. The molecule has 0 radical (unpaired) electrons. The molecule has 0 aliphatic rings. The summed E-state index contributed by atoms with van der Waals surface area (Å²) in [5, 5.41) is 8.56. The highest BCUT2D eigenvalue weighted by atomic mass is 16.3. The highest BCUT2D eigenvalue weighted by molar-refractivity contribution is 5.70. The Morgan fingerprint density at radius 2 is 1.82 bits per heavy atom. The molecule has 0 atom stereocenters. The van der Waals surface area contributed by atoms with Crippen LogP contribution in [0.2, 0.25) is 0 Å². The number of primary amides is 1. The summed E-state index contributed by atoms with van der Waals surface area (Å²) in [6, 6.07) is 0. The van der Waals surface area contributed by atoms with Crippen molar-refractivity contribution in [2.75, 3.05) is 0 Å². The third-order valence-corrected chi connectivity index (χ3v) is 0.888. The number of hydrogen-bond acceptors (Lipinski definition) is 2. The molecule has 0 aliphatic carbocycles. The van der Waals surface area contributed by atoms with Gasteiger partial charge in [0.25, 0.3) is 0 Å². The van der Waals surface area contributed by atoms with Gasteiger partial charge in [0.15, 0.2) is 0 Å². The van der Waals surface area contributed by atoms with Gasteiger partial charge in [-0.25, -0.2) is 0 Å². The summed E-state index contributed by atoms with van der Waals surface area (Å²) >= 11 is 0. The maximum absolute atomic E-state index is 9.22. The molecule has 0 bridgehead atoms. The molecule has 11 heavy (non-hydrogen) atoms. The number of carbonyl (C=O) groups is 1. The van der Waals surface area contributed by atoms with E-state index in [1.807, 2.05) is 19.9 Å². The lowest BCUT2D eigenvalue weighted by molar-refractivity contribution is -0.115. The highest BCUT2D eigenvalue weighted by Crippen LogP contribution is 1.99. The minimum atomic E-state index is -0.333. The van der Waals surface area contributed by atoms with Gasteiger partial charge in [-0.1, -0.05) is 12.7 Å².